The van der Waals surface area contributed by atoms with Crippen LogP contribution in [0.2, 0.25) is 0 Å². The van der Waals surface area contributed by atoms with Gasteiger partial charge in [-0.25, -0.2) is 4.79 Å². The molecule has 2 rings (SSSR count). The van der Waals surface area contributed by atoms with Crippen molar-refractivity contribution < 1.29 is 28.6 Å². The summed E-state index contributed by atoms with van der Waals surface area (Å²) in [4.78, 5) is 36.9. The second-order valence-electron chi connectivity index (χ2n) is 6.93. The topological polar surface area (TPSA) is 82.1 Å². The van der Waals surface area contributed by atoms with Crippen LogP contribution >= 0.6 is 0 Å². The van der Waals surface area contributed by atoms with Crippen LogP contribution in [0.1, 0.15) is 41.3 Å². The molecule has 2 aromatic rings. The third-order valence-corrected chi connectivity index (χ3v) is 4.76. The smallest absolute Gasteiger partial charge is 0.338 e. The first-order valence-corrected chi connectivity index (χ1v) is 10.3. The quantitative estimate of drug-likeness (QED) is 0.276. The summed E-state index contributed by atoms with van der Waals surface area (Å²) in [5.74, 6) is -0.602. The van der Waals surface area contributed by atoms with Crippen molar-refractivity contribution in [3.63, 3.8) is 0 Å². The molecule has 7 heteroatoms. The molecule has 0 heterocycles. The highest BCUT2D eigenvalue weighted by molar-refractivity contribution is 5.94. The molecule has 0 N–H and O–H groups in total. The van der Waals surface area contributed by atoms with Gasteiger partial charge in [-0.05, 0) is 30.2 Å². The molecule has 0 fully saturated rings. The molecule has 0 aliphatic heterocycles. The Hall–Kier alpha value is -3.19. The number of hydrogen-bond donors (Lipinski definition) is 0. The minimum Gasteiger partial charge on any atom is -0.463 e. The largest absolute Gasteiger partial charge is 0.463 e. The first kappa shape index (κ1) is 24.1. The van der Waals surface area contributed by atoms with E-state index >= 15 is 0 Å². The lowest BCUT2D eigenvalue weighted by molar-refractivity contribution is -0.129. The number of carbonyl (C=O) groups excluding carboxylic acids is 3. The minimum absolute atomic E-state index is 0.00987. The highest BCUT2D eigenvalue weighted by Gasteiger charge is 2.18. The van der Waals surface area contributed by atoms with Crippen LogP contribution in [-0.4, -0.2) is 45.2 Å². The summed E-state index contributed by atoms with van der Waals surface area (Å²) < 4.78 is 15.8. The first-order chi connectivity index (χ1) is 15.1. The van der Waals surface area contributed by atoms with Gasteiger partial charge in [0.05, 0.1) is 17.9 Å². The molecular formula is C24H29NO6. The van der Waals surface area contributed by atoms with E-state index in [9.17, 15) is 14.4 Å². The Morgan fingerprint density at radius 3 is 2.52 bits per heavy atom. The lowest BCUT2D eigenvalue weighted by Gasteiger charge is -2.22. The Morgan fingerprint density at radius 1 is 1.03 bits per heavy atom. The Kier molecular flexibility index (Phi) is 10.2. The van der Waals surface area contributed by atoms with Crippen molar-refractivity contribution in [1.82, 2.24) is 0 Å². The number of likely N-dealkylation sites (N-methyl/N-ethyl adjacent to an activating group) is 1. The lowest BCUT2D eigenvalue weighted by atomic mass is 10.0. The fourth-order valence-electron chi connectivity index (χ4n) is 3.00. The molecule has 166 valence electrons. The molecule has 7 nitrogen and oxygen atoms in total. The van der Waals surface area contributed by atoms with Crippen molar-refractivity contribution in [2.75, 3.05) is 31.8 Å². The van der Waals surface area contributed by atoms with E-state index < -0.39 is 5.97 Å². The van der Waals surface area contributed by atoms with E-state index in [1.165, 1.54) is 4.90 Å². The lowest BCUT2D eigenvalue weighted by Crippen LogP contribution is -2.31. The molecule has 0 saturated carbocycles. The fourth-order valence-corrected chi connectivity index (χ4v) is 3.00. The number of hydrogen-bond acceptors (Lipinski definition) is 6. The van der Waals surface area contributed by atoms with Crippen LogP contribution in [0.3, 0.4) is 0 Å². The molecule has 0 aliphatic carbocycles. The third kappa shape index (κ3) is 7.53. The zero-order valence-electron chi connectivity index (χ0n) is 18.0. The second kappa shape index (κ2) is 13.2. The van der Waals surface area contributed by atoms with Crippen molar-refractivity contribution >= 4 is 24.0 Å². The minimum atomic E-state index is -0.404. The van der Waals surface area contributed by atoms with E-state index in [1.807, 2.05) is 18.2 Å². The summed E-state index contributed by atoms with van der Waals surface area (Å²) in [7, 11) is 1.66. The molecule has 0 unspecified atom stereocenters. The van der Waals surface area contributed by atoms with Crippen LogP contribution in [0, 0.1) is 0 Å². The molecule has 0 aromatic heterocycles. The van der Waals surface area contributed by atoms with E-state index in [1.54, 1.807) is 37.4 Å². The molecule has 1 amide bonds. The number of carbonyl (C=O) groups is 3. The van der Waals surface area contributed by atoms with Gasteiger partial charge in [-0.1, -0.05) is 43.7 Å². The van der Waals surface area contributed by atoms with Crippen molar-refractivity contribution in [2.45, 2.75) is 32.8 Å². The summed E-state index contributed by atoms with van der Waals surface area (Å²) >= 11 is 0. The predicted octanol–water partition coefficient (Wildman–Crippen LogP) is 3.54. The standard InChI is InChI=1S/C24H29NO6/c1-3-4-14-29-17-23(27)25(2)22-12-8-11-19(21(22)16-30-18-26)13-15-31-24(28)20-9-6-5-7-10-20/h5-12,18H,3-4,13-17H2,1-2H3. The van der Waals surface area contributed by atoms with Gasteiger partial charge in [-0.15, -0.1) is 0 Å². The average molecular weight is 427 g/mol. The van der Waals surface area contributed by atoms with Gasteiger partial charge in [0.15, 0.2) is 0 Å². The van der Waals surface area contributed by atoms with Crippen molar-refractivity contribution in [1.29, 1.82) is 0 Å². The van der Waals surface area contributed by atoms with Crippen molar-refractivity contribution in [3.8, 4) is 0 Å². The number of amides is 1. The number of esters is 1. The summed E-state index contributed by atoms with van der Waals surface area (Å²) in [6.07, 6.45) is 2.31. The zero-order chi connectivity index (χ0) is 22.5. The number of unbranched alkanes of at least 4 members (excludes halogenated alkanes) is 1. The monoisotopic (exact) mass is 427 g/mol. The van der Waals surface area contributed by atoms with Crippen LogP contribution in [0.5, 0.6) is 0 Å². The van der Waals surface area contributed by atoms with Gasteiger partial charge < -0.3 is 19.1 Å². The van der Waals surface area contributed by atoms with Gasteiger partial charge in [0, 0.05) is 25.6 Å². The van der Waals surface area contributed by atoms with Gasteiger partial charge >= 0.3 is 5.97 Å². The van der Waals surface area contributed by atoms with Crippen LogP contribution < -0.4 is 4.90 Å². The second-order valence-corrected chi connectivity index (χ2v) is 6.93. The van der Waals surface area contributed by atoms with Gasteiger partial charge in [0.25, 0.3) is 12.4 Å². The molecule has 0 atom stereocenters. The number of nitrogens with zero attached hydrogens (tertiary/aromatic N) is 1. The molecule has 31 heavy (non-hydrogen) atoms. The third-order valence-electron chi connectivity index (χ3n) is 4.76. The Labute approximate surface area is 182 Å². The van der Waals surface area contributed by atoms with E-state index in [0.717, 1.165) is 18.4 Å². The highest BCUT2D eigenvalue weighted by Crippen LogP contribution is 2.25. The maximum absolute atomic E-state index is 12.5. The zero-order valence-corrected chi connectivity index (χ0v) is 18.0. The van der Waals surface area contributed by atoms with Crippen LogP contribution in [0.25, 0.3) is 0 Å². The number of benzene rings is 2. The van der Waals surface area contributed by atoms with Gasteiger partial charge in [0.2, 0.25) is 0 Å². The van der Waals surface area contributed by atoms with Gasteiger partial charge in [-0.3, -0.25) is 9.59 Å². The SMILES string of the molecule is CCCCOCC(=O)N(C)c1cccc(CCOC(=O)c2ccccc2)c1COC=O. The summed E-state index contributed by atoms with van der Waals surface area (Å²) in [6, 6.07) is 14.2. The average Bonchev–Trinajstić information content (AvgIpc) is 2.80. The maximum Gasteiger partial charge on any atom is 0.338 e. The van der Waals surface area contributed by atoms with Crippen LogP contribution in [0.15, 0.2) is 48.5 Å². The Morgan fingerprint density at radius 2 is 1.81 bits per heavy atom. The molecule has 0 radical (unpaired) electrons. The predicted molar refractivity (Wildman–Crippen MR) is 117 cm³/mol. The van der Waals surface area contributed by atoms with Crippen LogP contribution in [-0.2, 0) is 36.8 Å². The molecule has 0 bridgehead atoms. The number of ether oxygens (including phenoxy) is 3. The van der Waals surface area contributed by atoms with Crippen molar-refractivity contribution in [2.24, 2.45) is 0 Å². The molecule has 2 aromatic carbocycles. The number of anilines is 1. The van der Waals surface area contributed by atoms with E-state index in [4.69, 9.17) is 14.2 Å². The summed E-state index contributed by atoms with van der Waals surface area (Å²) in [5.41, 5.74) is 2.62. The van der Waals surface area contributed by atoms with Gasteiger partial charge in [-0.2, -0.15) is 0 Å². The highest BCUT2D eigenvalue weighted by atomic mass is 16.5. The molecule has 0 aliphatic rings. The van der Waals surface area contributed by atoms with Gasteiger partial charge in [0.1, 0.15) is 13.2 Å². The molecule has 0 spiro atoms. The van der Waals surface area contributed by atoms with Crippen molar-refractivity contribution in [3.05, 3.63) is 65.2 Å². The number of rotatable bonds is 13. The molecule has 0 saturated heterocycles. The van der Waals surface area contributed by atoms with E-state index in [-0.39, 0.29) is 25.7 Å². The van der Waals surface area contributed by atoms with Crippen LogP contribution in [0.4, 0.5) is 5.69 Å². The normalized spacial score (nSPS) is 10.4. The Balaban J connectivity index is 2.07. The summed E-state index contributed by atoms with van der Waals surface area (Å²) in [6.45, 7) is 3.09. The van der Waals surface area contributed by atoms with E-state index in [0.29, 0.717) is 36.3 Å². The van der Waals surface area contributed by atoms with E-state index in [2.05, 4.69) is 6.92 Å². The molecular weight excluding hydrogens is 398 g/mol. The summed E-state index contributed by atoms with van der Waals surface area (Å²) in [5, 5.41) is 0. The maximum atomic E-state index is 12.5. The Bertz CT molecular complexity index is 852. The fraction of sp³-hybridized carbons (Fsp3) is 0.375. The first-order valence-electron chi connectivity index (χ1n) is 10.3.